The molecule has 0 amide bonds. The largest absolute Gasteiger partial charge is 0.497 e. The van der Waals surface area contributed by atoms with Gasteiger partial charge in [-0.2, -0.15) is 0 Å². The van der Waals surface area contributed by atoms with E-state index >= 15 is 0 Å². The second-order valence-electron chi connectivity index (χ2n) is 5.95. The van der Waals surface area contributed by atoms with Gasteiger partial charge in [0.1, 0.15) is 5.75 Å². The Balaban J connectivity index is 2.09. The first-order chi connectivity index (χ1) is 11.2. The minimum atomic E-state index is 0.749. The second-order valence-corrected chi connectivity index (χ2v) is 5.95. The number of fused-ring (bicyclic) bond motifs is 1. The van der Waals surface area contributed by atoms with Crippen molar-refractivity contribution in [2.24, 2.45) is 5.73 Å². The third kappa shape index (κ3) is 3.10. The minimum Gasteiger partial charge on any atom is -0.497 e. The summed E-state index contributed by atoms with van der Waals surface area (Å²) >= 11 is 0. The molecule has 3 N–H and O–H groups in total. The Morgan fingerprint density at radius 2 is 1.83 bits per heavy atom. The molecule has 120 valence electrons. The summed E-state index contributed by atoms with van der Waals surface area (Å²) in [4.78, 5) is 3.64. The van der Waals surface area contributed by atoms with E-state index in [0.717, 1.165) is 31.6 Å². The number of para-hydroxylation sites is 1. The van der Waals surface area contributed by atoms with Crippen LogP contribution in [0.4, 0.5) is 0 Å². The Bertz CT molecular complexity index is 787. The fraction of sp³-hybridized carbons (Fsp3) is 0.300. The van der Waals surface area contributed by atoms with Crippen LogP contribution in [0, 0.1) is 6.92 Å². The van der Waals surface area contributed by atoms with E-state index in [-0.39, 0.29) is 0 Å². The average molecular weight is 308 g/mol. The highest BCUT2D eigenvalue weighted by Crippen LogP contribution is 2.33. The van der Waals surface area contributed by atoms with E-state index in [1.54, 1.807) is 7.11 Å². The van der Waals surface area contributed by atoms with Crippen LogP contribution in [0.5, 0.6) is 5.75 Å². The molecule has 1 heterocycles. The molecule has 3 rings (SSSR count). The zero-order chi connectivity index (χ0) is 16.2. The van der Waals surface area contributed by atoms with Gasteiger partial charge in [0.15, 0.2) is 0 Å². The number of H-pyrrole nitrogens is 1. The molecule has 0 radical (unpaired) electrons. The molecule has 2 aromatic carbocycles. The maximum absolute atomic E-state index is 5.66. The SMILES string of the molecule is COc1ccc(-c2[nH]c3c(C)cccc3c2CCCCN)cc1. The third-order valence-corrected chi connectivity index (χ3v) is 4.41. The zero-order valence-corrected chi connectivity index (χ0v) is 13.9. The van der Waals surface area contributed by atoms with Gasteiger partial charge in [0.05, 0.1) is 7.11 Å². The summed E-state index contributed by atoms with van der Waals surface area (Å²) in [6, 6.07) is 14.8. The number of hydrogen-bond acceptors (Lipinski definition) is 2. The third-order valence-electron chi connectivity index (χ3n) is 4.41. The van der Waals surface area contributed by atoms with E-state index in [9.17, 15) is 0 Å². The van der Waals surface area contributed by atoms with Gasteiger partial charge in [0.2, 0.25) is 0 Å². The molecule has 0 atom stereocenters. The Hall–Kier alpha value is -2.26. The van der Waals surface area contributed by atoms with Crippen LogP contribution < -0.4 is 10.5 Å². The van der Waals surface area contributed by atoms with Crippen molar-refractivity contribution in [3.05, 3.63) is 53.6 Å². The van der Waals surface area contributed by atoms with Crippen molar-refractivity contribution in [2.75, 3.05) is 13.7 Å². The number of methoxy groups -OCH3 is 1. The number of aromatic nitrogens is 1. The van der Waals surface area contributed by atoms with Crippen LogP contribution in [0.15, 0.2) is 42.5 Å². The summed E-state index contributed by atoms with van der Waals surface area (Å²) in [5, 5.41) is 1.33. The molecule has 23 heavy (non-hydrogen) atoms. The number of benzene rings is 2. The molecule has 0 aliphatic rings. The standard InChI is InChI=1S/C20H24N2O/c1-14-6-5-8-17-18(7-3-4-13-21)20(22-19(14)17)15-9-11-16(23-2)12-10-15/h5-6,8-12,22H,3-4,7,13,21H2,1-2H3. The summed E-state index contributed by atoms with van der Waals surface area (Å²) < 4.78 is 5.27. The zero-order valence-electron chi connectivity index (χ0n) is 13.9. The molecule has 3 nitrogen and oxygen atoms in total. The maximum Gasteiger partial charge on any atom is 0.118 e. The highest BCUT2D eigenvalue weighted by Gasteiger charge is 2.14. The van der Waals surface area contributed by atoms with Crippen LogP contribution in [0.2, 0.25) is 0 Å². The Kier molecular flexibility index (Phi) is 4.68. The number of aromatic amines is 1. The van der Waals surface area contributed by atoms with Gasteiger partial charge >= 0.3 is 0 Å². The van der Waals surface area contributed by atoms with E-state index in [0.29, 0.717) is 0 Å². The molecule has 0 fully saturated rings. The van der Waals surface area contributed by atoms with Crippen LogP contribution in [-0.2, 0) is 6.42 Å². The van der Waals surface area contributed by atoms with Gasteiger partial charge in [-0.3, -0.25) is 0 Å². The van der Waals surface area contributed by atoms with Gasteiger partial charge in [0.25, 0.3) is 0 Å². The first-order valence-electron chi connectivity index (χ1n) is 8.19. The lowest BCUT2D eigenvalue weighted by atomic mass is 9.99. The lowest BCUT2D eigenvalue weighted by molar-refractivity contribution is 0.415. The lowest BCUT2D eigenvalue weighted by Crippen LogP contribution is -1.99. The molecule has 0 bridgehead atoms. The van der Waals surface area contributed by atoms with Gasteiger partial charge in [-0.25, -0.2) is 0 Å². The van der Waals surface area contributed by atoms with Crippen LogP contribution >= 0.6 is 0 Å². The summed E-state index contributed by atoms with van der Waals surface area (Å²) in [7, 11) is 1.69. The number of ether oxygens (including phenoxy) is 1. The number of hydrogen-bond donors (Lipinski definition) is 2. The molecule has 0 unspecified atom stereocenters. The van der Waals surface area contributed by atoms with Crippen molar-refractivity contribution < 1.29 is 4.74 Å². The summed E-state index contributed by atoms with van der Waals surface area (Å²) in [5.41, 5.74) is 12.0. The van der Waals surface area contributed by atoms with Gasteiger partial charge in [-0.1, -0.05) is 18.2 Å². The predicted octanol–water partition coefficient (Wildman–Crippen LogP) is 4.43. The highest BCUT2D eigenvalue weighted by molar-refractivity contribution is 5.92. The number of unbranched alkanes of at least 4 members (excludes halogenated alkanes) is 1. The van der Waals surface area contributed by atoms with E-state index in [1.165, 1.54) is 33.3 Å². The van der Waals surface area contributed by atoms with Crippen molar-refractivity contribution in [3.8, 4) is 17.0 Å². The summed E-state index contributed by atoms with van der Waals surface area (Å²) in [6.07, 6.45) is 3.21. The molecular formula is C20H24N2O. The number of rotatable bonds is 6. The van der Waals surface area contributed by atoms with E-state index in [4.69, 9.17) is 10.5 Å². The monoisotopic (exact) mass is 308 g/mol. The number of nitrogens with two attached hydrogens (primary N) is 1. The topological polar surface area (TPSA) is 51.0 Å². The fourth-order valence-electron chi connectivity index (χ4n) is 3.13. The number of aryl methyl sites for hydroxylation is 2. The van der Waals surface area contributed by atoms with Gasteiger partial charge in [-0.15, -0.1) is 0 Å². The minimum absolute atomic E-state index is 0.749. The van der Waals surface area contributed by atoms with Crippen molar-refractivity contribution in [3.63, 3.8) is 0 Å². The number of nitrogens with one attached hydrogen (secondary N) is 1. The van der Waals surface area contributed by atoms with Crippen LogP contribution in [0.1, 0.15) is 24.0 Å². The Labute approximate surface area is 137 Å². The van der Waals surface area contributed by atoms with Crippen LogP contribution in [0.3, 0.4) is 0 Å². The molecule has 3 aromatic rings. The maximum atomic E-state index is 5.66. The average Bonchev–Trinajstić information content (AvgIpc) is 2.95. The van der Waals surface area contributed by atoms with Crippen molar-refractivity contribution in [1.82, 2.24) is 4.98 Å². The Morgan fingerprint density at radius 3 is 2.52 bits per heavy atom. The van der Waals surface area contributed by atoms with Gasteiger partial charge in [-0.05, 0) is 73.7 Å². The van der Waals surface area contributed by atoms with Crippen molar-refractivity contribution in [1.29, 1.82) is 0 Å². The Morgan fingerprint density at radius 1 is 1.04 bits per heavy atom. The van der Waals surface area contributed by atoms with Crippen molar-refractivity contribution >= 4 is 10.9 Å². The summed E-state index contributed by atoms with van der Waals surface area (Å²) in [6.45, 7) is 2.90. The highest BCUT2D eigenvalue weighted by atomic mass is 16.5. The van der Waals surface area contributed by atoms with Crippen molar-refractivity contribution in [2.45, 2.75) is 26.2 Å². The summed E-state index contributed by atoms with van der Waals surface area (Å²) in [5.74, 6) is 0.880. The molecule has 0 spiro atoms. The van der Waals surface area contributed by atoms with Crippen LogP contribution in [0.25, 0.3) is 22.2 Å². The van der Waals surface area contributed by atoms with E-state index < -0.39 is 0 Å². The molecule has 0 aliphatic heterocycles. The normalized spacial score (nSPS) is 11.1. The molecular weight excluding hydrogens is 284 g/mol. The van der Waals surface area contributed by atoms with Crippen LogP contribution in [-0.4, -0.2) is 18.6 Å². The van der Waals surface area contributed by atoms with Gasteiger partial charge < -0.3 is 15.5 Å². The molecule has 0 saturated carbocycles. The van der Waals surface area contributed by atoms with E-state index in [2.05, 4.69) is 42.2 Å². The second kappa shape index (κ2) is 6.88. The quantitative estimate of drug-likeness (QED) is 0.662. The molecule has 0 aliphatic carbocycles. The fourth-order valence-corrected chi connectivity index (χ4v) is 3.13. The lowest BCUT2D eigenvalue weighted by Gasteiger charge is -2.06. The smallest absolute Gasteiger partial charge is 0.118 e. The first kappa shape index (κ1) is 15.6. The van der Waals surface area contributed by atoms with Gasteiger partial charge in [0, 0.05) is 16.6 Å². The molecule has 1 aromatic heterocycles. The predicted molar refractivity (Wildman–Crippen MR) is 97.0 cm³/mol. The molecule has 3 heteroatoms. The molecule has 0 saturated heterocycles. The first-order valence-corrected chi connectivity index (χ1v) is 8.19. The van der Waals surface area contributed by atoms with E-state index in [1.807, 2.05) is 12.1 Å².